The van der Waals surface area contributed by atoms with Gasteiger partial charge in [-0.25, -0.2) is 4.98 Å². The van der Waals surface area contributed by atoms with Gasteiger partial charge in [0.25, 0.3) is 0 Å². The molecule has 1 saturated carbocycles. The molecule has 0 saturated heterocycles. The van der Waals surface area contributed by atoms with Crippen molar-refractivity contribution in [1.29, 1.82) is 0 Å². The maximum absolute atomic E-state index is 10.6. The van der Waals surface area contributed by atoms with Crippen molar-refractivity contribution >= 4 is 17.4 Å². The third kappa shape index (κ3) is 4.54. The number of H-pyrrole nitrogens is 1. The Morgan fingerprint density at radius 1 is 1.43 bits per heavy atom. The third-order valence-electron chi connectivity index (χ3n) is 4.16. The number of hydrogen-bond acceptors (Lipinski definition) is 6. The summed E-state index contributed by atoms with van der Waals surface area (Å²) < 4.78 is 1.57. The first kappa shape index (κ1) is 16.0. The Morgan fingerprint density at radius 2 is 2.26 bits per heavy atom. The van der Waals surface area contributed by atoms with Crippen LogP contribution in [-0.4, -0.2) is 35.6 Å². The van der Waals surface area contributed by atoms with Crippen LogP contribution in [0.2, 0.25) is 0 Å². The molecule has 23 heavy (non-hydrogen) atoms. The van der Waals surface area contributed by atoms with Crippen molar-refractivity contribution in [1.82, 2.24) is 25.0 Å². The second-order valence-corrected chi connectivity index (χ2v) is 6.88. The fourth-order valence-corrected chi connectivity index (χ4v) is 3.64. The molecule has 1 fully saturated rings. The van der Waals surface area contributed by atoms with E-state index in [1.165, 1.54) is 56.3 Å². The van der Waals surface area contributed by atoms with E-state index in [2.05, 4.69) is 20.3 Å². The van der Waals surface area contributed by atoms with Crippen LogP contribution in [0.1, 0.15) is 37.9 Å². The molecule has 0 bridgehead atoms. The maximum Gasteiger partial charge on any atom is 0.306 e. The lowest BCUT2D eigenvalue weighted by atomic mass is 10.0. The van der Waals surface area contributed by atoms with Crippen LogP contribution in [-0.2, 0) is 13.0 Å². The summed E-state index contributed by atoms with van der Waals surface area (Å²) in [5.41, 5.74) is 0.0158. The van der Waals surface area contributed by atoms with E-state index in [-0.39, 0.29) is 5.69 Å². The highest BCUT2D eigenvalue weighted by Gasteiger charge is 2.15. The summed E-state index contributed by atoms with van der Waals surface area (Å²) in [5, 5.41) is 22.5. The average molecular weight is 336 g/mol. The minimum atomic E-state index is -0.442. The fraction of sp³-hybridized carbons (Fsp3) is 0.643. The fourth-order valence-electron chi connectivity index (χ4n) is 2.89. The van der Waals surface area contributed by atoms with Crippen molar-refractivity contribution in [2.45, 2.75) is 50.2 Å². The summed E-state index contributed by atoms with van der Waals surface area (Å²) in [6.45, 7) is 0.588. The SMILES string of the molecule is O=[N+]([O-])c1cnn(CCSc2n[nH]c(CCC3CCCC3)n2)c1. The Hall–Kier alpha value is -1.90. The van der Waals surface area contributed by atoms with E-state index in [4.69, 9.17) is 0 Å². The first-order chi connectivity index (χ1) is 11.2. The Balaban J connectivity index is 1.40. The molecule has 0 amide bonds. The second kappa shape index (κ2) is 7.58. The van der Waals surface area contributed by atoms with Gasteiger partial charge in [0.05, 0.1) is 11.5 Å². The molecule has 1 N–H and O–H groups in total. The molecule has 1 aliphatic rings. The van der Waals surface area contributed by atoms with Gasteiger partial charge in [0.15, 0.2) is 0 Å². The number of rotatable bonds is 8. The van der Waals surface area contributed by atoms with Crippen LogP contribution in [0.25, 0.3) is 0 Å². The van der Waals surface area contributed by atoms with Gasteiger partial charge in [0, 0.05) is 12.2 Å². The largest absolute Gasteiger partial charge is 0.306 e. The van der Waals surface area contributed by atoms with E-state index < -0.39 is 4.92 Å². The maximum atomic E-state index is 10.6. The predicted octanol–water partition coefficient (Wildman–Crippen LogP) is 2.82. The number of aromatic amines is 1. The van der Waals surface area contributed by atoms with Gasteiger partial charge >= 0.3 is 5.69 Å². The highest BCUT2D eigenvalue weighted by atomic mass is 32.2. The topological polar surface area (TPSA) is 103 Å². The lowest BCUT2D eigenvalue weighted by molar-refractivity contribution is -0.385. The molecule has 1 aliphatic carbocycles. The van der Waals surface area contributed by atoms with Gasteiger partial charge in [-0.2, -0.15) is 5.10 Å². The summed E-state index contributed by atoms with van der Waals surface area (Å²) in [5.74, 6) is 2.53. The van der Waals surface area contributed by atoms with Crippen molar-refractivity contribution in [3.8, 4) is 0 Å². The van der Waals surface area contributed by atoms with E-state index in [1.807, 2.05) is 0 Å². The van der Waals surface area contributed by atoms with Crippen molar-refractivity contribution in [3.05, 3.63) is 28.3 Å². The minimum absolute atomic E-state index is 0.0158. The van der Waals surface area contributed by atoms with Crippen LogP contribution in [0.4, 0.5) is 5.69 Å². The molecule has 3 rings (SSSR count). The summed E-state index contributed by atoms with van der Waals surface area (Å²) in [6.07, 6.45) is 10.3. The van der Waals surface area contributed by atoms with Gasteiger partial charge in [0.2, 0.25) is 5.16 Å². The lowest BCUT2D eigenvalue weighted by Crippen LogP contribution is -2.00. The number of hydrogen-bond donors (Lipinski definition) is 1. The number of aromatic nitrogens is 5. The standard InChI is InChI=1S/C14H20N6O2S/c21-20(22)12-9-15-19(10-12)7-8-23-14-16-13(17-18-14)6-5-11-3-1-2-4-11/h9-11H,1-8H2,(H,16,17,18). The van der Waals surface area contributed by atoms with E-state index in [1.54, 1.807) is 4.68 Å². The van der Waals surface area contributed by atoms with E-state index in [0.717, 1.165) is 29.1 Å². The normalized spacial score (nSPS) is 15.3. The van der Waals surface area contributed by atoms with E-state index >= 15 is 0 Å². The van der Waals surface area contributed by atoms with Crippen LogP contribution < -0.4 is 0 Å². The average Bonchev–Trinajstić information content (AvgIpc) is 3.27. The molecule has 124 valence electrons. The van der Waals surface area contributed by atoms with Gasteiger partial charge in [-0.15, -0.1) is 5.10 Å². The van der Waals surface area contributed by atoms with Crippen LogP contribution in [0, 0.1) is 16.0 Å². The molecule has 0 aromatic carbocycles. The number of thioether (sulfide) groups is 1. The van der Waals surface area contributed by atoms with Crippen LogP contribution in [0.3, 0.4) is 0 Å². The Labute approximate surface area is 138 Å². The van der Waals surface area contributed by atoms with Crippen molar-refractivity contribution in [3.63, 3.8) is 0 Å². The van der Waals surface area contributed by atoms with Gasteiger partial charge in [-0.05, 0) is 12.3 Å². The zero-order chi connectivity index (χ0) is 16.1. The molecular weight excluding hydrogens is 316 g/mol. The predicted molar refractivity (Wildman–Crippen MR) is 86.3 cm³/mol. The van der Waals surface area contributed by atoms with Crippen molar-refractivity contribution < 1.29 is 4.92 Å². The summed E-state index contributed by atoms with van der Waals surface area (Å²) in [6, 6.07) is 0. The molecule has 0 atom stereocenters. The van der Waals surface area contributed by atoms with E-state index in [0.29, 0.717) is 6.54 Å². The molecular formula is C14H20N6O2S. The third-order valence-corrected chi connectivity index (χ3v) is 4.98. The van der Waals surface area contributed by atoms with Crippen LogP contribution in [0.5, 0.6) is 0 Å². The molecule has 2 aromatic heterocycles. The van der Waals surface area contributed by atoms with Crippen molar-refractivity contribution in [2.24, 2.45) is 5.92 Å². The number of nitro groups is 1. The Bertz CT molecular complexity index is 649. The molecule has 0 aliphatic heterocycles. The molecule has 0 unspecified atom stereocenters. The molecule has 2 heterocycles. The molecule has 2 aromatic rings. The zero-order valence-electron chi connectivity index (χ0n) is 12.8. The minimum Gasteiger partial charge on any atom is -0.265 e. The lowest BCUT2D eigenvalue weighted by Gasteiger charge is -2.05. The number of nitrogens with one attached hydrogen (secondary N) is 1. The van der Waals surface area contributed by atoms with Gasteiger partial charge in [-0.1, -0.05) is 37.4 Å². The highest BCUT2D eigenvalue weighted by molar-refractivity contribution is 7.99. The Kier molecular flexibility index (Phi) is 5.27. The summed E-state index contributed by atoms with van der Waals surface area (Å²) >= 11 is 1.53. The second-order valence-electron chi connectivity index (χ2n) is 5.82. The number of nitrogens with zero attached hydrogens (tertiary/aromatic N) is 5. The molecule has 0 radical (unpaired) electrons. The smallest absolute Gasteiger partial charge is 0.265 e. The molecule has 8 nitrogen and oxygen atoms in total. The van der Waals surface area contributed by atoms with Crippen LogP contribution >= 0.6 is 11.8 Å². The zero-order valence-corrected chi connectivity index (χ0v) is 13.7. The van der Waals surface area contributed by atoms with Gasteiger partial charge < -0.3 is 0 Å². The van der Waals surface area contributed by atoms with Gasteiger partial charge in [0.1, 0.15) is 18.2 Å². The highest BCUT2D eigenvalue weighted by Crippen LogP contribution is 2.28. The van der Waals surface area contributed by atoms with Crippen LogP contribution in [0.15, 0.2) is 17.6 Å². The van der Waals surface area contributed by atoms with E-state index in [9.17, 15) is 10.1 Å². The molecule has 9 heteroatoms. The number of aryl methyl sites for hydroxylation is 2. The quantitative estimate of drug-likeness (QED) is 0.452. The molecule has 0 spiro atoms. The summed E-state index contributed by atoms with van der Waals surface area (Å²) in [4.78, 5) is 14.6. The van der Waals surface area contributed by atoms with Crippen molar-refractivity contribution in [2.75, 3.05) is 5.75 Å². The Morgan fingerprint density at radius 3 is 3.00 bits per heavy atom. The summed E-state index contributed by atoms with van der Waals surface area (Å²) in [7, 11) is 0. The van der Waals surface area contributed by atoms with Gasteiger partial charge in [-0.3, -0.25) is 19.9 Å². The first-order valence-corrected chi connectivity index (χ1v) is 8.90. The first-order valence-electron chi connectivity index (χ1n) is 7.91. The monoisotopic (exact) mass is 336 g/mol.